The number of imidazole rings is 1. The molecule has 0 saturated heterocycles. The van der Waals surface area contributed by atoms with Crippen LogP contribution in [0.25, 0.3) is 0 Å². The first kappa shape index (κ1) is 21.1. The number of ether oxygens (including phenoxy) is 1. The molecule has 0 fully saturated rings. The minimum Gasteiger partial charge on any atom is -0.555 e. The minimum absolute atomic E-state index is 0. The summed E-state index contributed by atoms with van der Waals surface area (Å²) in [5.41, 5.74) is 2.67. The van der Waals surface area contributed by atoms with Crippen molar-refractivity contribution in [3.05, 3.63) is 24.3 Å². The van der Waals surface area contributed by atoms with E-state index in [1.165, 1.54) is 17.8 Å². The van der Waals surface area contributed by atoms with Crippen molar-refractivity contribution >= 4 is 0 Å². The van der Waals surface area contributed by atoms with Gasteiger partial charge in [0.05, 0.1) is 5.69 Å². The van der Waals surface area contributed by atoms with Crippen LogP contribution >= 0.6 is 0 Å². The summed E-state index contributed by atoms with van der Waals surface area (Å²) in [4.78, 5) is 4.57. The van der Waals surface area contributed by atoms with Crippen LogP contribution in [0.3, 0.4) is 0 Å². The summed E-state index contributed by atoms with van der Waals surface area (Å²) in [6.45, 7) is 10.8. The number of aryl methyl sites for hydroxylation is 1. The van der Waals surface area contributed by atoms with Crippen molar-refractivity contribution in [2.24, 2.45) is 13.0 Å². The Morgan fingerprint density at radius 2 is 1.89 bits per heavy atom. The Labute approximate surface area is 131 Å². The molecule has 1 radical (unpaired) electrons. The van der Waals surface area contributed by atoms with Gasteiger partial charge in [0.2, 0.25) is 0 Å². The first-order chi connectivity index (χ1) is 8.72. The maximum atomic E-state index is 4.95. The number of hydrogen-bond donors (Lipinski definition) is 0. The van der Waals surface area contributed by atoms with Gasteiger partial charge < -0.3 is 9.30 Å². The van der Waals surface area contributed by atoms with Gasteiger partial charge in [-0.25, -0.2) is 12.1 Å². The smallest absolute Gasteiger partial charge is 0.105 e. The Morgan fingerprint density at radius 1 is 1.32 bits per heavy atom. The Morgan fingerprint density at radius 3 is 2.42 bits per heavy atom. The zero-order valence-corrected chi connectivity index (χ0v) is 14.8. The molecule has 1 heterocycles. The van der Waals surface area contributed by atoms with Crippen LogP contribution in [0, 0.1) is 20.0 Å². The number of hydrogen-bond acceptors (Lipinski definition) is 2. The van der Waals surface area contributed by atoms with E-state index in [1.807, 2.05) is 27.7 Å². The van der Waals surface area contributed by atoms with E-state index in [1.54, 1.807) is 0 Å². The number of aromatic nitrogens is 2. The van der Waals surface area contributed by atoms with Gasteiger partial charge in [0.25, 0.3) is 0 Å². The summed E-state index contributed by atoms with van der Waals surface area (Å²) in [6.07, 6.45) is 3.37. The second-order valence-electron chi connectivity index (χ2n) is 4.09. The number of rotatable bonds is 2. The predicted octanol–water partition coefficient (Wildman–Crippen LogP) is 3.69. The molecule has 0 amide bonds. The molecule has 1 atom stereocenters. The average molecular weight is 304 g/mol. The maximum absolute atomic E-state index is 4.95. The Balaban J connectivity index is 0. The van der Waals surface area contributed by atoms with E-state index >= 15 is 0 Å². The molecule has 4 heteroatoms. The maximum Gasteiger partial charge on any atom is 0.105 e. The molecule has 1 unspecified atom stereocenters. The van der Waals surface area contributed by atoms with Gasteiger partial charge in [-0.1, -0.05) is 27.7 Å². The molecule has 1 aliphatic rings. The molecule has 0 spiro atoms. The van der Waals surface area contributed by atoms with E-state index in [2.05, 4.69) is 30.6 Å². The van der Waals surface area contributed by atoms with Gasteiger partial charge in [-0.3, -0.25) is 0 Å². The summed E-state index contributed by atoms with van der Waals surface area (Å²) in [5, 5.41) is 0. The normalized spacial score (nSPS) is 16.1. The van der Waals surface area contributed by atoms with Crippen molar-refractivity contribution in [1.82, 2.24) is 9.55 Å². The molecule has 0 N–H and O–H groups in total. The summed E-state index contributed by atoms with van der Waals surface area (Å²) >= 11 is 0. The molecule has 1 aromatic rings. The van der Waals surface area contributed by atoms with Gasteiger partial charge in [-0.05, 0) is 32.1 Å². The molecular formula is C15H29N2OV-. The van der Waals surface area contributed by atoms with Crippen molar-refractivity contribution in [3.8, 4) is 0 Å². The fourth-order valence-corrected chi connectivity index (χ4v) is 2.22. The van der Waals surface area contributed by atoms with Crippen LogP contribution in [0.4, 0.5) is 0 Å². The van der Waals surface area contributed by atoms with E-state index in [0.29, 0.717) is 5.92 Å². The quantitative estimate of drug-likeness (QED) is 0.779. The van der Waals surface area contributed by atoms with Gasteiger partial charge in [-0.2, -0.15) is 0 Å². The van der Waals surface area contributed by atoms with Crippen LogP contribution in [0.1, 0.15) is 51.3 Å². The summed E-state index contributed by atoms with van der Waals surface area (Å²) in [7, 11) is 5.53. The molecule has 2 rings (SSSR count). The molecule has 0 bridgehead atoms. The fraction of sp³-hybridized carbons (Fsp3) is 0.733. The summed E-state index contributed by atoms with van der Waals surface area (Å²) in [5.74, 6) is 1.72. The van der Waals surface area contributed by atoms with Crippen LogP contribution in [-0.2, 0) is 43.2 Å². The van der Waals surface area contributed by atoms with E-state index in [4.69, 9.17) is 4.74 Å². The zero-order chi connectivity index (χ0) is 14.1. The van der Waals surface area contributed by atoms with Gasteiger partial charge in [-0.15, -0.1) is 0 Å². The second kappa shape index (κ2) is 11.6. The Bertz CT molecular complexity index is 337. The van der Waals surface area contributed by atoms with Gasteiger partial charge >= 0.3 is 0 Å². The topological polar surface area (TPSA) is 27.1 Å². The van der Waals surface area contributed by atoms with Crippen LogP contribution in [0.2, 0.25) is 0 Å². The molecule has 0 aromatic carbocycles. The SMILES string of the molecule is CC.CC.[CH2-]OCC1CCc2c(nc(C)n2C)C1.[V]. The number of fused-ring (bicyclic) bond motifs is 1. The van der Waals surface area contributed by atoms with Gasteiger partial charge in [0, 0.05) is 37.9 Å². The molecular weight excluding hydrogens is 275 g/mol. The third kappa shape index (κ3) is 5.72. The fourth-order valence-electron chi connectivity index (χ4n) is 2.22. The van der Waals surface area contributed by atoms with Crippen molar-refractivity contribution in [2.45, 2.75) is 53.9 Å². The van der Waals surface area contributed by atoms with Gasteiger partial charge in [0.1, 0.15) is 5.82 Å². The summed E-state index contributed by atoms with van der Waals surface area (Å²) < 4.78 is 7.15. The van der Waals surface area contributed by atoms with Crippen LogP contribution in [0.15, 0.2) is 0 Å². The van der Waals surface area contributed by atoms with E-state index in [9.17, 15) is 0 Å². The van der Waals surface area contributed by atoms with E-state index in [-0.39, 0.29) is 18.6 Å². The minimum atomic E-state index is 0. The molecule has 111 valence electrons. The molecule has 1 aromatic heterocycles. The third-order valence-electron chi connectivity index (χ3n) is 3.15. The van der Waals surface area contributed by atoms with Crippen LogP contribution < -0.4 is 0 Å². The zero-order valence-electron chi connectivity index (χ0n) is 13.4. The van der Waals surface area contributed by atoms with Crippen molar-refractivity contribution in [3.63, 3.8) is 0 Å². The van der Waals surface area contributed by atoms with Crippen molar-refractivity contribution < 1.29 is 23.3 Å². The largest absolute Gasteiger partial charge is 0.555 e. The van der Waals surface area contributed by atoms with E-state index < -0.39 is 0 Å². The standard InChI is InChI=1S/C11H17N2O.2C2H6.V/c1-8-12-10-6-9(7-14-3)4-5-11(10)13(8)2;2*1-2;/h9H,3-7H2,1-2H3;2*1-2H3;/q-1;;;. The second-order valence-corrected chi connectivity index (χ2v) is 4.09. The first-order valence-corrected chi connectivity index (χ1v) is 7.10. The average Bonchev–Trinajstić information content (AvgIpc) is 2.70. The van der Waals surface area contributed by atoms with Crippen LogP contribution in [-0.4, -0.2) is 16.2 Å². The Hall–Kier alpha value is -0.246. The molecule has 19 heavy (non-hydrogen) atoms. The van der Waals surface area contributed by atoms with Crippen molar-refractivity contribution in [1.29, 1.82) is 0 Å². The molecule has 1 aliphatic carbocycles. The summed E-state index contributed by atoms with van der Waals surface area (Å²) in [6, 6.07) is 0. The predicted molar refractivity (Wildman–Crippen MR) is 77.5 cm³/mol. The molecule has 0 saturated carbocycles. The number of nitrogens with zero attached hydrogens (tertiary/aromatic N) is 2. The monoisotopic (exact) mass is 304 g/mol. The van der Waals surface area contributed by atoms with Crippen molar-refractivity contribution in [2.75, 3.05) is 6.61 Å². The van der Waals surface area contributed by atoms with Gasteiger partial charge in [0.15, 0.2) is 0 Å². The molecule has 3 nitrogen and oxygen atoms in total. The van der Waals surface area contributed by atoms with Crippen LogP contribution in [0.5, 0.6) is 0 Å². The third-order valence-corrected chi connectivity index (χ3v) is 3.15. The Kier molecular flexibility index (Phi) is 12.8. The molecule has 0 aliphatic heterocycles. The first-order valence-electron chi connectivity index (χ1n) is 7.10. The van der Waals surface area contributed by atoms with E-state index in [0.717, 1.165) is 25.3 Å².